The molecule has 0 heterocycles. The Morgan fingerprint density at radius 2 is 1.69 bits per heavy atom. The molecule has 0 N–H and O–H groups in total. The van der Waals surface area contributed by atoms with Crippen LogP contribution in [0.1, 0.15) is 54.4 Å². The summed E-state index contributed by atoms with van der Waals surface area (Å²) in [6, 6.07) is 0. The molecule has 5 atom stereocenters. The van der Waals surface area contributed by atoms with Gasteiger partial charge in [-0.25, -0.2) is 0 Å². The Morgan fingerprint density at radius 3 is 2.00 bits per heavy atom. The van der Waals surface area contributed by atoms with Gasteiger partial charge in [-0.15, -0.1) is 6.58 Å². The fraction of sp³-hybridized carbons (Fsp3) is 0.875. The number of rotatable bonds is 4. The minimum atomic E-state index is 0.831. The number of allylic oxidation sites excluding steroid dienone is 1. The molecule has 1 saturated carbocycles. The molecule has 1 aliphatic carbocycles. The smallest absolute Gasteiger partial charge is 0.0292 e. The summed E-state index contributed by atoms with van der Waals surface area (Å²) in [6.07, 6.45) is 2.59. The summed E-state index contributed by atoms with van der Waals surface area (Å²) in [6.45, 7) is 18.4. The van der Waals surface area contributed by atoms with Crippen LogP contribution in [-0.2, 0) is 0 Å². The van der Waals surface area contributed by atoms with E-state index in [9.17, 15) is 0 Å². The second-order valence-corrected chi connectivity index (χ2v) is 6.44. The Labute approximate surface area is 103 Å². The molecule has 0 aromatic heterocycles. The Bertz CT molecular complexity index is 238. The monoisotopic (exact) mass is 222 g/mol. The molecule has 0 nitrogen and oxygen atoms in total. The van der Waals surface area contributed by atoms with Crippen molar-refractivity contribution >= 4 is 0 Å². The molecule has 0 aromatic rings. The summed E-state index contributed by atoms with van der Waals surface area (Å²) in [5.41, 5.74) is 1.36. The molecule has 1 fully saturated rings. The van der Waals surface area contributed by atoms with Crippen LogP contribution < -0.4 is 0 Å². The summed E-state index contributed by atoms with van der Waals surface area (Å²) in [5.74, 6) is 5.30. The zero-order valence-electron chi connectivity index (χ0n) is 12.1. The van der Waals surface area contributed by atoms with Crippen molar-refractivity contribution < 1.29 is 0 Å². The molecule has 0 amide bonds. The van der Waals surface area contributed by atoms with E-state index in [1.807, 2.05) is 0 Å². The van der Waals surface area contributed by atoms with Crippen molar-refractivity contribution in [2.75, 3.05) is 0 Å². The van der Waals surface area contributed by atoms with E-state index in [0.29, 0.717) is 0 Å². The molecule has 94 valence electrons. The molecule has 5 unspecified atom stereocenters. The first kappa shape index (κ1) is 13.8. The Balaban J connectivity index is 2.86. The molecular weight excluding hydrogens is 192 g/mol. The molecule has 0 heteroatoms. The molecule has 1 rings (SSSR count). The SMILES string of the molecule is C=C(C)CC1C(C)C(CC)C(C(C)C)C1C. The van der Waals surface area contributed by atoms with Gasteiger partial charge in [0.15, 0.2) is 0 Å². The van der Waals surface area contributed by atoms with Gasteiger partial charge < -0.3 is 0 Å². The molecule has 0 aliphatic heterocycles. The van der Waals surface area contributed by atoms with Gasteiger partial charge in [0, 0.05) is 0 Å². The summed E-state index contributed by atoms with van der Waals surface area (Å²) in [4.78, 5) is 0. The van der Waals surface area contributed by atoms with E-state index in [1.165, 1.54) is 18.4 Å². The van der Waals surface area contributed by atoms with E-state index < -0.39 is 0 Å². The average Bonchev–Trinajstić information content (AvgIpc) is 2.41. The van der Waals surface area contributed by atoms with E-state index in [1.54, 1.807) is 0 Å². The van der Waals surface area contributed by atoms with Crippen LogP contribution in [0.15, 0.2) is 12.2 Å². The van der Waals surface area contributed by atoms with Crippen LogP contribution in [0.4, 0.5) is 0 Å². The maximum absolute atomic E-state index is 4.11. The fourth-order valence-electron chi connectivity index (χ4n) is 4.34. The highest BCUT2D eigenvalue weighted by atomic mass is 14.5. The van der Waals surface area contributed by atoms with Gasteiger partial charge in [0.25, 0.3) is 0 Å². The van der Waals surface area contributed by atoms with Crippen LogP contribution in [0.5, 0.6) is 0 Å². The lowest BCUT2D eigenvalue weighted by Crippen LogP contribution is -2.20. The summed E-state index contributed by atoms with van der Waals surface area (Å²) < 4.78 is 0. The van der Waals surface area contributed by atoms with Crippen LogP contribution in [-0.4, -0.2) is 0 Å². The topological polar surface area (TPSA) is 0 Å². The first-order valence-corrected chi connectivity index (χ1v) is 7.04. The van der Waals surface area contributed by atoms with E-state index in [4.69, 9.17) is 0 Å². The lowest BCUT2D eigenvalue weighted by Gasteiger charge is -2.27. The zero-order valence-corrected chi connectivity index (χ0v) is 12.1. The summed E-state index contributed by atoms with van der Waals surface area (Å²) >= 11 is 0. The van der Waals surface area contributed by atoms with Crippen molar-refractivity contribution in [2.24, 2.45) is 35.5 Å². The van der Waals surface area contributed by atoms with Crippen molar-refractivity contribution in [3.8, 4) is 0 Å². The zero-order chi connectivity index (χ0) is 12.5. The van der Waals surface area contributed by atoms with Crippen molar-refractivity contribution in [1.29, 1.82) is 0 Å². The maximum Gasteiger partial charge on any atom is -0.0292 e. The third kappa shape index (κ3) is 2.52. The third-order valence-corrected chi connectivity index (χ3v) is 4.95. The Hall–Kier alpha value is -0.260. The molecular formula is C16H30. The highest BCUT2D eigenvalue weighted by molar-refractivity contribution is 5.00. The molecule has 0 aromatic carbocycles. The number of hydrogen-bond acceptors (Lipinski definition) is 0. The van der Waals surface area contributed by atoms with E-state index in [-0.39, 0.29) is 0 Å². The van der Waals surface area contributed by atoms with Gasteiger partial charge in [0.1, 0.15) is 0 Å². The molecule has 0 radical (unpaired) electrons. The van der Waals surface area contributed by atoms with Gasteiger partial charge in [-0.2, -0.15) is 0 Å². The predicted octanol–water partition coefficient (Wildman–Crippen LogP) is 5.15. The lowest BCUT2D eigenvalue weighted by molar-refractivity contribution is 0.218. The first-order valence-electron chi connectivity index (χ1n) is 7.04. The predicted molar refractivity (Wildman–Crippen MR) is 73.4 cm³/mol. The van der Waals surface area contributed by atoms with E-state index in [2.05, 4.69) is 48.1 Å². The summed E-state index contributed by atoms with van der Waals surface area (Å²) in [5, 5.41) is 0. The van der Waals surface area contributed by atoms with Crippen LogP contribution >= 0.6 is 0 Å². The molecule has 0 bridgehead atoms. The summed E-state index contributed by atoms with van der Waals surface area (Å²) in [7, 11) is 0. The second-order valence-electron chi connectivity index (χ2n) is 6.44. The minimum absolute atomic E-state index is 0.831. The lowest BCUT2D eigenvalue weighted by atomic mass is 9.78. The van der Waals surface area contributed by atoms with E-state index >= 15 is 0 Å². The molecule has 16 heavy (non-hydrogen) atoms. The van der Waals surface area contributed by atoms with Gasteiger partial charge in [-0.05, 0) is 48.9 Å². The van der Waals surface area contributed by atoms with Gasteiger partial charge in [0.2, 0.25) is 0 Å². The van der Waals surface area contributed by atoms with Crippen LogP contribution in [0.3, 0.4) is 0 Å². The van der Waals surface area contributed by atoms with Crippen LogP contribution in [0.2, 0.25) is 0 Å². The van der Waals surface area contributed by atoms with Gasteiger partial charge in [0.05, 0.1) is 0 Å². The largest absolute Gasteiger partial charge is 0.100 e. The van der Waals surface area contributed by atoms with Crippen molar-refractivity contribution in [3.63, 3.8) is 0 Å². The average molecular weight is 222 g/mol. The fourth-order valence-corrected chi connectivity index (χ4v) is 4.34. The standard InChI is InChI=1S/C16H30/c1-8-14-12(6)15(9-10(2)3)13(7)16(14)11(4)5/h11-16H,2,8-9H2,1,3-7H3. The van der Waals surface area contributed by atoms with E-state index in [0.717, 1.165) is 35.5 Å². The van der Waals surface area contributed by atoms with Crippen LogP contribution in [0, 0.1) is 35.5 Å². The third-order valence-electron chi connectivity index (χ3n) is 4.95. The van der Waals surface area contributed by atoms with Gasteiger partial charge >= 0.3 is 0 Å². The Morgan fingerprint density at radius 1 is 1.12 bits per heavy atom. The highest BCUT2D eigenvalue weighted by Crippen LogP contribution is 2.52. The molecule has 0 saturated heterocycles. The Kier molecular flexibility index (Phi) is 4.64. The molecule has 0 spiro atoms. The quantitative estimate of drug-likeness (QED) is 0.577. The van der Waals surface area contributed by atoms with Gasteiger partial charge in [-0.1, -0.05) is 46.6 Å². The maximum atomic E-state index is 4.11. The van der Waals surface area contributed by atoms with Crippen molar-refractivity contribution in [2.45, 2.75) is 54.4 Å². The highest BCUT2D eigenvalue weighted by Gasteiger charge is 2.45. The van der Waals surface area contributed by atoms with Gasteiger partial charge in [-0.3, -0.25) is 0 Å². The minimum Gasteiger partial charge on any atom is -0.100 e. The number of hydrogen-bond donors (Lipinski definition) is 0. The normalized spacial score (nSPS) is 39.3. The van der Waals surface area contributed by atoms with Crippen LogP contribution in [0.25, 0.3) is 0 Å². The first-order chi connectivity index (χ1) is 7.40. The second kappa shape index (κ2) is 5.38. The molecule has 1 aliphatic rings. The van der Waals surface area contributed by atoms with Crippen molar-refractivity contribution in [1.82, 2.24) is 0 Å². The van der Waals surface area contributed by atoms with Crippen molar-refractivity contribution in [3.05, 3.63) is 12.2 Å².